The second-order valence-corrected chi connectivity index (χ2v) is 18.6. The molecule has 9 rings (SSSR count). The van der Waals surface area contributed by atoms with Gasteiger partial charge in [-0.15, -0.1) is 0 Å². The zero-order chi connectivity index (χ0) is 46.4. The van der Waals surface area contributed by atoms with E-state index in [1.165, 1.54) is 11.9 Å². The summed E-state index contributed by atoms with van der Waals surface area (Å²) in [5.74, 6) is -0.507. The van der Waals surface area contributed by atoms with Gasteiger partial charge in [0, 0.05) is 87.1 Å². The lowest BCUT2D eigenvalue weighted by molar-refractivity contribution is -0.139. The molecule has 0 bridgehead atoms. The molecule has 0 radical (unpaired) electrons. The fourth-order valence-corrected chi connectivity index (χ4v) is 10.3. The first-order valence-corrected chi connectivity index (χ1v) is 23.3. The van der Waals surface area contributed by atoms with Gasteiger partial charge in [-0.25, -0.2) is 4.98 Å². The molecule has 5 aliphatic rings. The number of carbonyl (C=O) groups is 4. The molecule has 2 unspecified atom stereocenters. The van der Waals surface area contributed by atoms with Gasteiger partial charge in [-0.2, -0.15) is 4.98 Å². The summed E-state index contributed by atoms with van der Waals surface area (Å²) in [5.41, 5.74) is 3.83. The summed E-state index contributed by atoms with van der Waals surface area (Å²) in [6, 6.07) is 10.5. The van der Waals surface area contributed by atoms with Crippen LogP contribution in [0.5, 0.6) is 5.75 Å². The Morgan fingerprint density at radius 3 is 2.50 bits per heavy atom. The number of hydrogen-bond donors (Lipinski definition) is 4. The smallest absolute Gasteiger partial charge is 0.293 e. The number of piperidine rings is 2. The van der Waals surface area contributed by atoms with Gasteiger partial charge in [-0.3, -0.25) is 39.1 Å². The third-order valence-electron chi connectivity index (χ3n) is 13.7. The minimum atomic E-state index is -1.24. The molecular weight excluding hydrogens is 868 g/mol. The number of amides is 4. The first kappa shape index (κ1) is 45.3. The van der Waals surface area contributed by atoms with Crippen molar-refractivity contribution in [2.24, 2.45) is 0 Å². The maximum atomic E-state index is 13.7. The van der Waals surface area contributed by atoms with Crippen LogP contribution in [-0.2, 0) is 19.1 Å². The normalized spacial score (nSPS) is 22.9. The van der Waals surface area contributed by atoms with Crippen molar-refractivity contribution in [1.29, 1.82) is 0 Å². The topological polar surface area (TPSA) is 204 Å². The van der Waals surface area contributed by atoms with E-state index in [1.807, 2.05) is 45.0 Å². The van der Waals surface area contributed by atoms with E-state index in [9.17, 15) is 29.1 Å². The van der Waals surface area contributed by atoms with Gasteiger partial charge in [-0.1, -0.05) is 17.7 Å². The molecule has 1 saturated carbocycles. The van der Waals surface area contributed by atoms with E-state index >= 15 is 0 Å². The average Bonchev–Trinajstić information content (AvgIpc) is 3.39. The van der Waals surface area contributed by atoms with Crippen molar-refractivity contribution in [3.8, 4) is 5.75 Å². The van der Waals surface area contributed by atoms with Crippen molar-refractivity contribution < 1.29 is 33.8 Å². The number of likely N-dealkylation sites (N-methyl/N-ethyl adjacent to an activating group) is 1. The third kappa shape index (κ3) is 8.90. The van der Waals surface area contributed by atoms with Crippen molar-refractivity contribution >= 4 is 69.3 Å². The van der Waals surface area contributed by atoms with Crippen LogP contribution in [0.2, 0.25) is 5.02 Å². The Balaban J connectivity index is 0.761. The first-order chi connectivity index (χ1) is 31.8. The van der Waals surface area contributed by atoms with Crippen LogP contribution < -0.4 is 36.0 Å². The molecule has 1 aliphatic carbocycles. The number of rotatable bonds is 12. The molecule has 4 fully saturated rings. The Labute approximate surface area is 387 Å². The summed E-state index contributed by atoms with van der Waals surface area (Å²) >= 11 is 6.61. The number of benzene rings is 2. The highest BCUT2D eigenvalue weighted by atomic mass is 35.5. The lowest BCUT2D eigenvalue weighted by Gasteiger charge is -2.44. The molecule has 4 aliphatic heterocycles. The van der Waals surface area contributed by atoms with Crippen LogP contribution in [0.1, 0.15) is 92.5 Å². The number of ether oxygens (including phenoxy) is 2. The summed E-state index contributed by atoms with van der Waals surface area (Å²) < 4.78 is 13.9. The monoisotopic (exact) mass is 924 g/mol. The van der Waals surface area contributed by atoms with E-state index in [0.717, 1.165) is 93.5 Å². The maximum absolute atomic E-state index is 13.7. The van der Waals surface area contributed by atoms with E-state index in [1.54, 1.807) is 22.9 Å². The van der Waals surface area contributed by atoms with Crippen LogP contribution in [-0.4, -0.2) is 130 Å². The van der Waals surface area contributed by atoms with Crippen LogP contribution in [0, 0.1) is 6.92 Å². The molecule has 3 saturated heterocycles. The number of carbonyl (C=O) groups excluding carboxylic acids is 4. The summed E-state index contributed by atoms with van der Waals surface area (Å²) in [4.78, 5) is 80.8. The molecule has 350 valence electrons. The molecule has 2 aromatic carbocycles. The number of aromatic nitrogens is 3. The van der Waals surface area contributed by atoms with Gasteiger partial charge in [0.25, 0.3) is 17.4 Å². The number of aliphatic hydroxyl groups is 1. The number of halogens is 1. The largest absolute Gasteiger partial charge is 0.478 e. The summed E-state index contributed by atoms with van der Waals surface area (Å²) in [6.07, 6.45) is 5.70. The first-order valence-electron chi connectivity index (χ1n) is 23.0. The Kier molecular flexibility index (Phi) is 12.9. The van der Waals surface area contributed by atoms with Gasteiger partial charge in [0.2, 0.25) is 17.8 Å². The van der Waals surface area contributed by atoms with Gasteiger partial charge in [0.1, 0.15) is 11.1 Å². The lowest BCUT2D eigenvalue weighted by atomic mass is 9.87. The summed E-state index contributed by atoms with van der Waals surface area (Å²) in [6.45, 7) is 10.5. The number of aliphatic hydroxyl groups excluding tert-OH is 1. The fraction of sp³-hybridized carbons (Fsp3) is 0.511. The number of nitrogens with zero attached hydrogens (tertiary/aromatic N) is 7. The predicted molar refractivity (Wildman–Crippen MR) is 248 cm³/mol. The van der Waals surface area contributed by atoms with Crippen molar-refractivity contribution in [2.45, 2.75) is 102 Å². The third-order valence-corrected chi connectivity index (χ3v) is 14.0. The maximum Gasteiger partial charge on any atom is 0.293 e. The van der Waals surface area contributed by atoms with E-state index in [4.69, 9.17) is 26.1 Å². The standard InChI is InChI=1S/C47H57ClN10O8/c1-26(2)57-36-8-6-29(20-28(36)21-38(45(57)63)65-25-40(60)49-4)51-42-34(48)24-50-47(53-42)56-16-12-31(13-17-56)66-32-22-30(23-32)54-14-5-15-55(19-18-54)35-9-7-33-41(27(35)3)46(64)58(44(33)62)37-10-11-39(59)52-43(37)61/h6-9,20-21,24,26,30-32,37,44,62H,5,10-19,22-23,25H2,1-4H3,(H,49,60)(H,50,51,53)(H,52,59,61). The number of nitrogens with one attached hydrogen (secondary N) is 3. The van der Waals surface area contributed by atoms with Crippen LogP contribution in [0.25, 0.3) is 10.9 Å². The summed E-state index contributed by atoms with van der Waals surface area (Å²) in [5, 5.41) is 20.4. The van der Waals surface area contributed by atoms with Crippen molar-refractivity contribution in [3.05, 3.63) is 74.7 Å². The van der Waals surface area contributed by atoms with Crippen LogP contribution in [0.3, 0.4) is 0 Å². The molecule has 19 heteroatoms. The quantitative estimate of drug-likeness (QED) is 0.147. The Morgan fingerprint density at radius 1 is 0.970 bits per heavy atom. The Hall–Kier alpha value is -5.82. The lowest BCUT2D eigenvalue weighted by Crippen LogP contribution is -2.53. The molecule has 6 heterocycles. The molecule has 18 nitrogen and oxygen atoms in total. The molecule has 4 amide bonds. The number of fused-ring (bicyclic) bond motifs is 2. The second-order valence-electron chi connectivity index (χ2n) is 18.2. The highest BCUT2D eigenvalue weighted by Crippen LogP contribution is 2.41. The molecule has 2 aromatic heterocycles. The Morgan fingerprint density at radius 2 is 1.76 bits per heavy atom. The minimum absolute atomic E-state index is 0.0881. The van der Waals surface area contributed by atoms with Gasteiger partial charge >= 0.3 is 0 Å². The molecule has 0 spiro atoms. The predicted octanol–water partition coefficient (Wildman–Crippen LogP) is 4.18. The van der Waals surface area contributed by atoms with E-state index < -0.39 is 18.2 Å². The number of hydrogen-bond acceptors (Lipinski definition) is 14. The van der Waals surface area contributed by atoms with Crippen LogP contribution >= 0.6 is 11.6 Å². The van der Waals surface area contributed by atoms with Crippen LogP contribution in [0.4, 0.5) is 23.1 Å². The van der Waals surface area contributed by atoms with Gasteiger partial charge in [0.05, 0.1) is 29.5 Å². The minimum Gasteiger partial charge on any atom is -0.478 e. The number of imide groups is 1. The van der Waals surface area contributed by atoms with E-state index in [2.05, 4.69) is 35.6 Å². The van der Waals surface area contributed by atoms with Crippen molar-refractivity contribution in [3.63, 3.8) is 0 Å². The zero-order valence-corrected chi connectivity index (χ0v) is 38.5. The average molecular weight is 925 g/mol. The Bertz CT molecular complexity index is 2610. The number of pyridine rings is 1. The second kappa shape index (κ2) is 18.8. The van der Waals surface area contributed by atoms with E-state index in [0.29, 0.717) is 39.6 Å². The highest BCUT2D eigenvalue weighted by Gasteiger charge is 2.46. The van der Waals surface area contributed by atoms with Crippen molar-refractivity contribution in [1.82, 2.24) is 35.0 Å². The van der Waals surface area contributed by atoms with Gasteiger partial charge in [0.15, 0.2) is 24.4 Å². The zero-order valence-electron chi connectivity index (χ0n) is 37.7. The molecule has 2 atom stereocenters. The molecular formula is C47H57ClN10O8. The highest BCUT2D eigenvalue weighted by molar-refractivity contribution is 6.33. The van der Waals surface area contributed by atoms with Crippen molar-refractivity contribution in [2.75, 3.05) is 68.0 Å². The van der Waals surface area contributed by atoms with Crippen LogP contribution in [0.15, 0.2) is 47.4 Å². The van der Waals surface area contributed by atoms with E-state index in [-0.39, 0.29) is 66.7 Å². The molecule has 66 heavy (non-hydrogen) atoms. The van der Waals surface area contributed by atoms with Gasteiger partial charge < -0.3 is 39.6 Å². The molecule has 4 N–H and O–H groups in total. The number of anilines is 4. The fourth-order valence-electron chi connectivity index (χ4n) is 10.1. The summed E-state index contributed by atoms with van der Waals surface area (Å²) in [7, 11) is 1.51. The van der Waals surface area contributed by atoms with Gasteiger partial charge in [-0.05, 0) is 95.2 Å². The molecule has 4 aromatic rings. The SMILES string of the molecule is CNC(=O)COc1cc2cc(Nc3nc(N4CCC(OC5CC(N6CCCN(c7ccc8c(c7C)C(=O)N(C7CCC(=O)NC7=O)C8O)CC6)C5)CC4)ncc3Cl)ccc2n(C(C)C)c1=O.